The van der Waals surface area contributed by atoms with Gasteiger partial charge in [0.15, 0.2) is 0 Å². The summed E-state index contributed by atoms with van der Waals surface area (Å²) in [6.45, 7) is 2.35. The van der Waals surface area contributed by atoms with E-state index >= 15 is 0 Å². The Balaban J connectivity index is 2.68. The zero-order chi connectivity index (χ0) is 9.68. The zero-order valence-electron chi connectivity index (χ0n) is 7.24. The lowest BCUT2D eigenvalue weighted by Gasteiger charge is -2.00. The van der Waals surface area contributed by atoms with E-state index in [0.29, 0.717) is 18.1 Å². The molecule has 0 spiro atoms. The average molecular weight is 197 g/mol. The molecule has 0 saturated heterocycles. The summed E-state index contributed by atoms with van der Waals surface area (Å²) in [5, 5.41) is 3.96. The van der Waals surface area contributed by atoms with Crippen LogP contribution in [-0.2, 0) is 6.42 Å². The molecule has 4 nitrogen and oxygen atoms in total. The van der Waals surface area contributed by atoms with Crippen LogP contribution in [-0.4, -0.2) is 11.5 Å². The maximum absolute atomic E-state index is 8.06. The highest BCUT2D eigenvalue weighted by Crippen LogP contribution is 2.12. The Labute approximate surface area is 81.2 Å². The fourth-order valence-electron chi connectivity index (χ4n) is 0.977. The minimum absolute atomic E-state index is 0.458. The van der Waals surface area contributed by atoms with Crippen molar-refractivity contribution in [1.29, 1.82) is 0 Å². The third kappa shape index (κ3) is 2.93. The number of aryl methyl sites for hydroxylation is 1. The first-order valence-electron chi connectivity index (χ1n) is 3.86. The molecule has 0 bridgehead atoms. The minimum atomic E-state index is 0.458. The van der Waals surface area contributed by atoms with Crippen molar-refractivity contribution in [2.45, 2.75) is 13.3 Å². The van der Waals surface area contributed by atoms with Crippen molar-refractivity contribution in [3.8, 4) is 0 Å². The normalized spacial score (nSPS) is 9.38. The molecular formula is C8H9ClN4. The van der Waals surface area contributed by atoms with E-state index in [4.69, 9.17) is 17.1 Å². The van der Waals surface area contributed by atoms with E-state index in [-0.39, 0.29) is 0 Å². The van der Waals surface area contributed by atoms with Crippen molar-refractivity contribution < 1.29 is 0 Å². The molecule has 0 radical (unpaired) electrons. The van der Waals surface area contributed by atoms with Gasteiger partial charge in [-0.15, -0.1) is 0 Å². The number of pyridine rings is 1. The second-order valence-corrected chi connectivity index (χ2v) is 3.01. The van der Waals surface area contributed by atoms with E-state index in [1.54, 1.807) is 6.20 Å². The maximum Gasteiger partial charge on any atom is 0.131 e. The van der Waals surface area contributed by atoms with Gasteiger partial charge >= 0.3 is 0 Å². The lowest BCUT2D eigenvalue weighted by atomic mass is 10.2. The topological polar surface area (TPSA) is 61.7 Å². The van der Waals surface area contributed by atoms with Crippen LogP contribution in [0.2, 0.25) is 5.15 Å². The van der Waals surface area contributed by atoms with Gasteiger partial charge in [-0.1, -0.05) is 22.8 Å². The molecule has 13 heavy (non-hydrogen) atoms. The molecule has 1 aromatic rings. The number of azide groups is 1. The van der Waals surface area contributed by atoms with Crippen LogP contribution in [0.25, 0.3) is 10.4 Å². The molecule has 0 atom stereocenters. The average Bonchev–Trinajstić information content (AvgIpc) is 2.12. The smallest absolute Gasteiger partial charge is 0.131 e. The Morgan fingerprint density at radius 1 is 1.69 bits per heavy atom. The first kappa shape index (κ1) is 9.84. The highest BCUT2D eigenvalue weighted by atomic mass is 35.5. The van der Waals surface area contributed by atoms with Gasteiger partial charge in [-0.25, -0.2) is 4.98 Å². The second kappa shape index (κ2) is 4.70. The van der Waals surface area contributed by atoms with Crippen LogP contribution in [0.4, 0.5) is 0 Å². The third-order valence-corrected chi connectivity index (χ3v) is 2.03. The zero-order valence-corrected chi connectivity index (χ0v) is 7.99. The van der Waals surface area contributed by atoms with Gasteiger partial charge in [0.25, 0.3) is 0 Å². The molecule has 0 unspecified atom stereocenters. The second-order valence-electron chi connectivity index (χ2n) is 2.66. The highest BCUT2D eigenvalue weighted by molar-refractivity contribution is 6.30. The monoisotopic (exact) mass is 196 g/mol. The van der Waals surface area contributed by atoms with Crippen LogP contribution in [0.1, 0.15) is 11.1 Å². The Hall–Kier alpha value is -1.25. The summed E-state index contributed by atoms with van der Waals surface area (Å²) in [5.74, 6) is 0. The number of rotatable bonds is 3. The van der Waals surface area contributed by atoms with Gasteiger partial charge in [0, 0.05) is 17.7 Å². The Morgan fingerprint density at radius 3 is 3.08 bits per heavy atom. The summed E-state index contributed by atoms with van der Waals surface area (Å²) in [7, 11) is 0. The lowest BCUT2D eigenvalue weighted by molar-refractivity contribution is 0.944. The van der Waals surface area contributed by atoms with E-state index < -0.39 is 0 Å². The molecule has 1 heterocycles. The third-order valence-electron chi connectivity index (χ3n) is 1.63. The predicted octanol–water partition coefficient (Wildman–Crippen LogP) is 2.90. The summed E-state index contributed by atoms with van der Waals surface area (Å²) in [5.41, 5.74) is 10.0. The molecule has 5 heteroatoms. The first-order chi connectivity index (χ1) is 6.24. The van der Waals surface area contributed by atoms with Gasteiger partial charge in [-0.2, -0.15) is 0 Å². The standard InChI is InChI=1S/C8H9ClN4/c1-6-4-7(2-3-12-13-10)5-11-8(6)9/h4-5H,2-3H2,1H3. The number of aromatic nitrogens is 1. The van der Waals surface area contributed by atoms with Crippen LogP contribution in [0, 0.1) is 6.92 Å². The molecule has 68 valence electrons. The van der Waals surface area contributed by atoms with E-state index in [1.807, 2.05) is 13.0 Å². The van der Waals surface area contributed by atoms with Gasteiger partial charge < -0.3 is 0 Å². The largest absolute Gasteiger partial charge is 0.244 e. The molecule has 0 aliphatic carbocycles. The van der Waals surface area contributed by atoms with Crippen molar-refractivity contribution in [1.82, 2.24) is 4.98 Å². The molecule has 0 saturated carbocycles. The number of hydrogen-bond acceptors (Lipinski definition) is 2. The molecule has 0 N–H and O–H groups in total. The van der Waals surface area contributed by atoms with E-state index in [0.717, 1.165) is 11.1 Å². The Kier molecular flexibility index (Phi) is 3.55. The van der Waals surface area contributed by atoms with Crippen LogP contribution in [0.3, 0.4) is 0 Å². The number of halogens is 1. The van der Waals surface area contributed by atoms with Gasteiger partial charge in [-0.05, 0) is 30.0 Å². The molecule has 1 rings (SSSR count). The summed E-state index contributed by atoms with van der Waals surface area (Å²) < 4.78 is 0. The van der Waals surface area contributed by atoms with Crippen molar-refractivity contribution in [3.05, 3.63) is 39.0 Å². The van der Waals surface area contributed by atoms with Gasteiger partial charge in [0.05, 0.1) is 0 Å². The maximum atomic E-state index is 8.06. The SMILES string of the molecule is Cc1cc(CCN=[N+]=[N-])cnc1Cl. The van der Waals surface area contributed by atoms with Gasteiger partial charge in [0.2, 0.25) is 0 Å². The Morgan fingerprint density at radius 2 is 2.46 bits per heavy atom. The van der Waals surface area contributed by atoms with Crippen molar-refractivity contribution in [2.24, 2.45) is 5.11 Å². The Bertz CT molecular complexity index is 344. The molecular weight excluding hydrogens is 188 g/mol. The lowest BCUT2D eigenvalue weighted by Crippen LogP contribution is -1.91. The van der Waals surface area contributed by atoms with Crippen LogP contribution in [0.5, 0.6) is 0 Å². The van der Waals surface area contributed by atoms with Gasteiger partial charge in [-0.3, -0.25) is 0 Å². The number of nitrogens with zero attached hydrogens (tertiary/aromatic N) is 4. The molecule has 0 amide bonds. The molecule has 0 aliphatic heterocycles. The number of hydrogen-bond donors (Lipinski definition) is 0. The van der Waals surface area contributed by atoms with Crippen molar-refractivity contribution in [2.75, 3.05) is 6.54 Å². The summed E-state index contributed by atoms with van der Waals surface area (Å²) in [6, 6.07) is 1.95. The molecule has 0 aromatic carbocycles. The summed E-state index contributed by atoms with van der Waals surface area (Å²) in [4.78, 5) is 6.66. The fourth-order valence-corrected chi connectivity index (χ4v) is 1.08. The van der Waals surface area contributed by atoms with Crippen LogP contribution < -0.4 is 0 Å². The van der Waals surface area contributed by atoms with Gasteiger partial charge in [0.1, 0.15) is 5.15 Å². The summed E-state index contributed by atoms with van der Waals surface area (Å²) >= 11 is 5.75. The van der Waals surface area contributed by atoms with Crippen LogP contribution >= 0.6 is 11.6 Å². The first-order valence-corrected chi connectivity index (χ1v) is 4.23. The molecule has 0 fully saturated rings. The fraction of sp³-hybridized carbons (Fsp3) is 0.375. The summed E-state index contributed by atoms with van der Waals surface area (Å²) in [6.07, 6.45) is 2.40. The quantitative estimate of drug-likeness (QED) is 0.317. The predicted molar refractivity (Wildman–Crippen MR) is 51.7 cm³/mol. The molecule has 0 aliphatic rings. The van der Waals surface area contributed by atoms with Crippen molar-refractivity contribution in [3.63, 3.8) is 0 Å². The van der Waals surface area contributed by atoms with Crippen LogP contribution in [0.15, 0.2) is 17.4 Å². The highest BCUT2D eigenvalue weighted by Gasteiger charge is 1.97. The molecule has 1 aromatic heterocycles. The van der Waals surface area contributed by atoms with E-state index in [9.17, 15) is 0 Å². The van der Waals surface area contributed by atoms with Crippen molar-refractivity contribution >= 4 is 11.6 Å². The van der Waals surface area contributed by atoms with E-state index in [2.05, 4.69) is 15.0 Å². The van der Waals surface area contributed by atoms with E-state index in [1.165, 1.54) is 0 Å². The minimum Gasteiger partial charge on any atom is -0.244 e.